The highest BCUT2D eigenvalue weighted by Crippen LogP contribution is 2.37. The zero-order valence-electron chi connectivity index (χ0n) is 13.0. The third kappa shape index (κ3) is 6.42. The Labute approximate surface area is 110 Å². The second-order valence-corrected chi connectivity index (χ2v) is 11.2. The Bertz CT molecular complexity index is 226. The molecule has 17 heavy (non-hydrogen) atoms. The lowest BCUT2D eigenvalue weighted by Gasteiger charge is -2.38. The van der Waals surface area contributed by atoms with Gasteiger partial charge in [-0.2, -0.15) is 0 Å². The predicted octanol–water partition coefficient (Wildman–Crippen LogP) is 5.53. The lowest BCUT2D eigenvalue weighted by Crippen LogP contribution is -2.43. The van der Waals surface area contributed by atoms with Gasteiger partial charge in [-0.05, 0) is 31.5 Å². The molecule has 1 unspecified atom stereocenters. The van der Waals surface area contributed by atoms with Crippen LogP contribution in [0.4, 0.5) is 0 Å². The summed E-state index contributed by atoms with van der Waals surface area (Å²) in [6, 6.07) is 0. The second-order valence-electron chi connectivity index (χ2n) is 6.44. The van der Waals surface area contributed by atoms with Crippen molar-refractivity contribution >= 4 is 8.32 Å². The summed E-state index contributed by atoms with van der Waals surface area (Å²) in [5.74, 6) is 0. The SMILES string of the molecule is CC=CC(CCCCC)O[Si](C)(C)C(C)(C)C. The molecule has 102 valence electrons. The van der Waals surface area contributed by atoms with Crippen molar-refractivity contribution in [1.82, 2.24) is 0 Å². The Morgan fingerprint density at radius 2 is 1.76 bits per heavy atom. The summed E-state index contributed by atoms with van der Waals surface area (Å²) in [6.07, 6.45) is 9.73. The third-order valence-electron chi connectivity index (χ3n) is 3.75. The van der Waals surface area contributed by atoms with Gasteiger partial charge in [-0.3, -0.25) is 0 Å². The van der Waals surface area contributed by atoms with Crippen LogP contribution in [0.3, 0.4) is 0 Å². The van der Waals surface area contributed by atoms with Crippen molar-refractivity contribution < 1.29 is 4.43 Å². The van der Waals surface area contributed by atoms with Gasteiger partial charge in [0.05, 0.1) is 6.10 Å². The van der Waals surface area contributed by atoms with Crippen LogP contribution in [0, 0.1) is 0 Å². The van der Waals surface area contributed by atoms with Crippen molar-refractivity contribution in [1.29, 1.82) is 0 Å². The van der Waals surface area contributed by atoms with Crippen molar-refractivity contribution in [3.05, 3.63) is 12.2 Å². The highest BCUT2D eigenvalue weighted by molar-refractivity contribution is 6.74. The van der Waals surface area contributed by atoms with E-state index in [1.165, 1.54) is 25.7 Å². The summed E-state index contributed by atoms with van der Waals surface area (Å²) >= 11 is 0. The monoisotopic (exact) mass is 256 g/mol. The maximum atomic E-state index is 6.44. The smallest absolute Gasteiger partial charge is 0.192 e. The minimum Gasteiger partial charge on any atom is -0.411 e. The van der Waals surface area contributed by atoms with E-state index in [2.05, 4.69) is 59.9 Å². The van der Waals surface area contributed by atoms with Crippen LogP contribution in [0.15, 0.2) is 12.2 Å². The number of allylic oxidation sites excluding steroid dienone is 1. The van der Waals surface area contributed by atoms with E-state index in [0.717, 1.165) is 0 Å². The Morgan fingerprint density at radius 1 is 1.18 bits per heavy atom. The van der Waals surface area contributed by atoms with E-state index in [9.17, 15) is 0 Å². The predicted molar refractivity (Wildman–Crippen MR) is 81.0 cm³/mol. The van der Waals surface area contributed by atoms with Crippen molar-refractivity contribution in [2.75, 3.05) is 0 Å². The number of unbranched alkanes of at least 4 members (excludes halogenated alkanes) is 2. The molecule has 0 aliphatic rings. The first-order valence-electron chi connectivity index (χ1n) is 7.05. The molecule has 0 N–H and O–H groups in total. The van der Waals surface area contributed by atoms with Crippen LogP contribution in [-0.2, 0) is 4.43 Å². The van der Waals surface area contributed by atoms with Gasteiger partial charge in [0.2, 0.25) is 0 Å². The number of hydrogen-bond acceptors (Lipinski definition) is 1. The van der Waals surface area contributed by atoms with Crippen molar-refractivity contribution in [2.45, 2.75) is 84.5 Å². The van der Waals surface area contributed by atoms with Crippen molar-refractivity contribution in [3.63, 3.8) is 0 Å². The van der Waals surface area contributed by atoms with Crippen LogP contribution in [0.2, 0.25) is 18.1 Å². The average molecular weight is 257 g/mol. The molecule has 0 saturated carbocycles. The van der Waals surface area contributed by atoms with Gasteiger partial charge in [-0.1, -0.05) is 59.1 Å². The van der Waals surface area contributed by atoms with Gasteiger partial charge in [0, 0.05) is 0 Å². The first-order valence-corrected chi connectivity index (χ1v) is 9.96. The van der Waals surface area contributed by atoms with E-state index in [1.807, 2.05) is 0 Å². The number of rotatable bonds is 7. The summed E-state index contributed by atoms with van der Waals surface area (Å²) in [4.78, 5) is 0. The molecule has 0 heterocycles. The van der Waals surface area contributed by atoms with Crippen LogP contribution >= 0.6 is 0 Å². The molecule has 2 heteroatoms. The second kappa shape index (κ2) is 7.37. The molecule has 0 aliphatic carbocycles. The zero-order chi connectivity index (χ0) is 13.5. The van der Waals surface area contributed by atoms with E-state index < -0.39 is 8.32 Å². The summed E-state index contributed by atoms with van der Waals surface area (Å²) in [5.41, 5.74) is 0. The zero-order valence-corrected chi connectivity index (χ0v) is 14.0. The molecule has 0 aromatic rings. The summed E-state index contributed by atoms with van der Waals surface area (Å²) in [5, 5.41) is 0.303. The minimum atomic E-state index is -1.62. The fourth-order valence-corrected chi connectivity index (χ4v) is 2.87. The molecule has 0 radical (unpaired) electrons. The van der Waals surface area contributed by atoms with E-state index >= 15 is 0 Å². The molecular formula is C15H32OSi. The van der Waals surface area contributed by atoms with E-state index in [-0.39, 0.29) is 0 Å². The lowest BCUT2D eigenvalue weighted by molar-refractivity contribution is 0.211. The molecule has 0 aromatic heterocycles. The molecule has 0 aromatic carbocycles. The minimum absolute atomic E-state index is 0.303. The van der Waals surface area contributed by atoms with Gasteiger partial charge in [0.15, 0.2) is 8.32 Å². The first-order chi connectivity index (χ1) is 7.74. The highest BCUT2D eigenvalue weighted by atomic mass is 28.4. The Hall–Kier alpha value is -0.0831. The summed E-state index contributed by atoms with van der Waals surface area (Å²) in [6.45, 7) is 15.9. The van der Waals surface area contributed by atoms with Crippen LogP contribution in [0.5, 0.6) is 0 Å². The first kappa shape index (κ1) is 16.9. The molecule has 0 fully saturated rings. The lowest BCUT2D eigenvalue weighted by atomic mass is 10.1. The molecule has 0 amide bonds. The van der Waals surface area contributed by atoms with Crippen LogP contribution in [-0.4, -0.2) is 14.4 Å². The van der Waals surface area contributed by atoms with Crippen molar-refractivity contribution in [3.8, 4) is 0 Å². The molecule has 1 atom stereocenters. The van der Waals surface area contributed by atoms with Gasteiger partial charge >= 0.3 is 0 Å². The maximum absolute atomic E-state index is 6.44. The van der Waals surface area contributed by atoms with Crippen LogP contribution in [0.25, 0.3) is 0 Å². The summed E-state index contributed by atoms with van der Waals surface area (Å²) < 4.78 is 6.44. The van der Waals surface area contributed by atoms with Gasteiger partial charge in [0.25, 0.3) is 0 Å². The van der Waals surface area contributed by atoms with Gasteiger partial charge in [0.1, 0.15) is 0 Å². The quantitative estimate of drug-likeness (QED) is 0.330. The molecular weight excluding hydrogens is 224 g/mol. The maximum Gasteiger partial charge on any atom is 0.192 e. The van der Waals surface area contributed by atoms with Crippen LogP contribution < -0.4 is 0 Å². The normalized spacial score (nSPS) is 15.5. The largest absolute Gasteiger partial charge is 0.411 e. The number of hydrogen-bond donors (Lipinski definition) is 0. The third-order valence-corrected chi connectivity index (χ3v) is 8.26. The Morgan fingerprint density at radius 3 is 2.18 bits per heavy atom. The van der Waals surface area contributed by atoms with Crippen LogP contribution in [0.1, 0.15) is 60.3 Å². The standard InChI is InChI=1S/C15H32OSi/c1-8-10-11-13-14(12-9-2)16-17(6,7)15(3,4)5/h9,12,14H,8,10-11,13H2,1-7H3. The van der Waals surface area contributed by atoms with E-state index in [1.54, 1.807) is 0 Å². The summed E-state index contributed by atoms with van der Waals surface area (Å²) in [7, 11) is -1.62. The fourth-order valence-electron chi connectivity index (χ4n) is 1.56. The van der Waals surface area contributed by atoms with Crippen molar-refractivity contribution in [2.24, 2.45) is 0 Å². The molecule has 0 spiro atoms. The highest BCUT2D eigenvalue weighted by Gasteiger charge is 2.38. The van der Waals surface area contributed by atoms with Gasteiger partial charge < -0.3 is 4.43 Å². The van der Waals surface area contributed by atoms with E-state index in [0.29, 0.717) is 11.1 Å². The molecule has 0 bridgehead atoms. The Kier molecular flexibility index (Phi) is 7.34. The van der Waals surface area contributed by atoms with Gasteiger partial charge in [-0.15, -0.1) is 0 Å². The topological polar surface area (TPSA) is 9.23 Å². The molecule has 1 nitrogen and oxygen atoms in total. The Balaban J connectivity index is 4.43. The van der Waals surface area contributed by atoms with E-state index in [4.69, 9.17) is 4.43 Å². The fraction of sp³-hybridized carbons (Fsp3) is 0.867. The molecule has 0 saturated heterocycles. The average Bonchev–Trinajstić information content (AvgIpc) is 2.16. The molecule has 0 rings (SSSR count). The van der Waals surface area contributed by atoms with Gasteiger partial charge in [-0.25, -0.2) is 0 Å². The molecule has 0 aliphatic heterocycles.